The van der Waals surface area contributed by atoms with Crippen LogP contribution in [-0.2, 0) is 9.59 Å². The van der Waals surface area contributed by atoms with Gasteiger partial charge in [0.15, 0.2) is 5.78 Å². The summed E-state index contributed by atoms with van der Waals surface area (Å²) in [6, 6.07) is 6.85. The number of alkyl halides is 2. The minimum Gasteiger partial charge on any atom is -0.350 e. The van der Waals surface area contributed by atoms with Crippen LogP contribution in [-0.4, -0.2) is 40.1 Å². The number of benzene rings is 1. The first-order chi connectivity index (χ1) is 16.6. The molecule has 1 aliphatic heterocycles. The predicted octanol–water partition coefficient (Wildman–Crippen LogP) is 3.61. The Balaban J connectivity index is 1.27. The summed E-state index contributed by atoms with van der Waals surface area (Å²) in [6.45, 7) is 0. The lowest BCUT2D eigenvalue weighted by molar-refractivity contribution is -0.127. The van der Waals surface area contributed by atoms with E-state index in [1.165, 1.54) is 18.2 Å². The van der Waals surface area contributed by atoms with Crippen LogP contribution in [0.5, 0.6) is 0 Å². The largest absolute Gasteiger partial charge is 0.350 e. The third kappa shape index (κ3) is 4.77. The van der Waals surface area contributed by atoms with Crippen LogP contribution in [0.15, 0.2) is 24.3 Å². The summed E-state index contributed by atoms with van der Waals surface area (Å²) < 4.78 is 41.2. The van der Waals surface area contributed by atoms with Crippen molar-refractivity contribution in [3.8, 4) is 6.07 Å². The maximum atomic E-state index is 14.0. The fourth-order valence-electron chi connectivity index (χ4n) is 5.12. The fourth-order valence-corrected chi connectivity index (χ4v) is 5.12. The summed E-state index contributed by atoms with van der Waals surface area (Å²) >= 11 is 0. The summed E-state index contributed by atoms with van der Waals surface area (Å²) in [6.07, 6.45) is 1.61. The van der Waals surface area contributed by atoms with Crippen LogP contribution in [0.1, 0.15) is 55.4 Å². The monoisotopic (exact) mass is 486 g/mol. The van der Waals surface area contributed by atoms with Crippen molar-refractivity contribution in [3.63, 3.8) is 0 Å². The molecule has 2 aromatic rings. The van der Waals surface area contributed by atoms with Gasteiger partial charge < -0.3 is 15.6 Å². The number of rotatable bonds is 9. The van der Waals surface area contributed by atoms with Gasteiger partial charge in [0.2, 0.25) is 11.8 Å². The number of ketones is 1. The van der Waals surface area contributed by atoms with Gasteiger partial charge in [0.05, 0.1) is 17.3 Å². The number of amides is 2. The highest BCUT2D eigenvalue weighted by Crippen LogP contribution is 2.52. The van der Waals surface area contributed by atoms with Gasteiger partial charge in [-0.15, -0.1) is 0 Å². The van der Waals surface area contributed by atoms with E-state index in [0.717, 1.165) is 12.8 Å². The van der Waals surface area contributed by atoms with Gasteiger partial charge in [0.1, 0.15) is 11.9 Å². The minimum atomic E-state index is -2.87. The van der Waals surface area contributed by atoms with Crippen LogP contribution >= 0.6 is 0 Å². The molecule has 2 heterocycles. The number of nitrogens with zero attached hydrogens (tertiary/aromatic N) is 1. The van der Waals surface area contributed by atoms with Gasteiger partial charge in [-0.25, -0.2) is 13.2 Å². The molecule has 2 aliphatic carbocycles. The number of hydrogen-bond acceptors (Lipinski definition) is 4. The van der Waals surface area contributed by atoms with Crippen LogP contribution in [0.4, 0.5) is 13.2 Å². The summed E-state index contributed by atoms with van der Waals surface area (Å²) in [7, 11) is 0. The quantitative estimate of drug-likeness (QED) is 0.470. The van der Waals surface area contributed by atoms with E-state index in [2.05, 4.69) is 15.6 Å². The van der Waals surface area contributed by atoms with E-state index in [1.807, 2.05) is 6.07 Å². The summed E-state index contributed by atoms with van der Waals surface area (Å²) in [5.74, 6) is -7.24. The molecular formula is C25H25F3N4O3. The lowest BCUT2D eigenvalue weighted by Crippen LogP contribution is -2.41. The Morgan fingerprint density at radius 2 is 1.97 bits per heavy atom. The fraction of sp³-hybridized carbons (Fsp3) is 0.520. The Hall–Kier alpha value is -3.35. The van der Waals surface area contributed by atoms with E-state index in [0.29, 0.717) is 11.8 Å². The number of nitrogens with one attached hydrogen (secondary N) is 3. The second-order valence-corrected chi connectivity index (χ2v) is 10.2. The molecule has 0 radical (unpaired) electrons. The molecule has 1 aromatic carbocycles. The van der Waals surface area contributed by atoms with Crippen molar-refractivity contribution in [2.24, 2.45) is 17.8 Å². The Labute approximate surface area is 199 Å². The smallest absolute Gasteiger partial charge is 0.251 e. The van der Waals surface area contributed by atoms with Crippen LogP contribution < -0.4 is 10.6 Å². The second kappa shape index (κ2) is 8.40. The number of hydrogen-bond donors (Lipinski definition) is 3. The molecular weight excluding hydrogens is 461 g/mol. The van der Waals surface area contributed by atoms with Crippen molar-refractivity contribution >= 4 is 28.5 Å². The van der Waals surface area contributed by atoms with Crippen molar-refractivity contribution < 1.29 is 27.6 Å². The molecule has 2 saturated carbocycles. The van der Waals surface area contributed by atoms with Crippen LogP contribution in [0.25, 0.3) is 10.9 Å². The Morgan fingerprint density at radius 3 is 2.57 bits per heavy atom. The lowest BCUT2D eigenvalue weighted by Gasteiger charge is -2.20. The van der Waals surface area contributed by atoms with Crippen molar-refractivity contribution in [2.45, 2.75) is 62.4 Å². The number of aromatic nitrogens is 1. The van der Waals surface area contributed by atoms with E-state index in [-0.39, 0.29) is 48.3 Å². The minimum absolute atomic E-state index is 0.0830. The normalized spacial score (nSPS) is 25.0. The van der Waals surface area contributed by atoms with Crippen molar-refractivity contribution in [2.75, 3.05) is 0 Å². The molecule has 184 valence electrons. The molecule has 0 bridgehead atoms. The molecule has 10 heteroatoms. The first-order valence-electron chi connectivity index (χ1n) is 11.8. The molecule has 2 amide bonds. The average Bonchev–Trinajstić information content (AvgIpc) is 3.56. The predicted molar refractivity (Wildman–Crippen MR) is 119 cm³/mol. The number of nitriles is 1. The summed E-state index contributed by atoms with van der Waals surface area (Å²) in [5.41, 5.74) is 0.0650. The van der Waals surface area contributed by atoms with Gasteiger partial charge in [0, 0.05) is 41.5 Å². The van der Waals surface area contributed by atoms with Crippen LogP contribution in [0, 0.1) is 34.9 Å². The number of H-pyrrole nitrogens is 1. The third-order valence-corrected chi connectivity index (χ3v) is 7.48. The molecule has 3 N–H and O–H groups in total. The third-order valence-electron chi connectivity index (χ3n) is 7.48. The zero-order valence-corrected chi connectivity index (χ0v) is 18.9. The van der Waals surface area contributed by atoms with Gasteiger partial charge in [-0.3, -0.25) is 14.4 Å². The number of halogens is 3. The molecule has 4 unspecified atom stereocenters. The SMILES string of the molecule is N#CC(CC1CC2(CC2)NC1=O)NC(=O)C(CC(=O)c1cc2cccc(F)c2[nH]1)CC1CC1(F)F. The molecule has 1 saturated heterocycles. The molecule has 3 aliphatic rings. The van der Waals surface area contributed by atoms with Gasteiger partial charge in [-0.1, -0.05) is 12.1 Å². The Kier molecular flexibility index (Phi) is 5.61. The number of fused-ring (bicyclic) bond motifs is 1. The zero-order valence-electron chi connectivity index (χ0n) is 18.9. The summed E-state index contributed by atoms with van der Waals surface area (Å²) in [5, 5.41) is 15.6. The first kappa shape index (κ1) is 23.4. The summed E-state index contributed by atoms with van der Waals surface area (Å²) in [4.78, 5) is 40.9. The highest BCUT2D eigenvalue weighted by Gasteiger charge is 2.57. The van der Waals surface area contributed by atoms with Crippen molar-refractivity contribution in [1.29, 1.82) is 5.26 Å². The number of para-hydroxylation sites is 1. The molecule has 7 nitrogen and oxygen atoms in total. The second-order valence-electron chi connectivity index (χ2n) is 10.2. The molecule has 1 aromatic heterocycles. The Morgan fingerprint density at radius 1 is 1.23 bits per heavy atom. The van der Waals surface area contributed by atoms with Gasteiger partial charge in [-0.2, -0.15) is 5.26 Å². The molecule has 3 fully saturated rings. The van der Waals surface area contributed by atoms with Gasteiger partial charge >= 0.3 is 0 Å². The van der Waals surface area contributed by atoms with E-state index in [1.54, 1.807) is 6.07 Å². The number of carbonyl (C=O) groups is 3. The van der Waals surface area contributed by atoms with E-state index >= 15 is 0 Å². The average molecular weight is 486 g/mol. The van der Waals surface area contributed by atoms with Gasteiger partial charge in [0.25, 0.3) is 5.92 Å². The van der Waals surface area contributed by atoms with Crippen molar-refractivity contribution in [1.82, 2.24) is 15.6 Å². The standard InChI is InChI=1S/C25H25F3N4O3/c26-18-3-1-2-13-8-19(31-21(13)18)20(33)9-14(6-16-11-25(16,27)28)22(34)30-17(12-29)7-15-10-24(4-5-24)32-23(15)35/h1-3,8,14-17,31H,4-7,9-11H2,(H,30,34)(H,32,35). The van der Waals surface area contributed by atoms with Crippen LogP contribution in [0.3, 0.4) is 0 Å². The van der Waals surface area contributed by atoms with Crippen molar-refractivity contribution in [3.05, 3.63) is 35.8 Å². The highest BCUT2D eigenvalue weighted by atomic mass is 19.3. The zero-order chi connectivity index (χ0) is 25.0. The maximum absolute atomic E-state index is 14.0. The van der Waals surface area contributed by atoms with E-state index in [9.17, 15) is 32.8 Å². The first-order valence-corrected chi connectivity index (χ1v) is 11.8. The number of aromatic amines is 1. The maximum Gasteiger partial charge on any atom is 0.251 e. The molecule has 4 atom stereocenters. The lowest BCUT2D eigenvalue weighted by atomic mass is 9.92. The Bertz CT molecular complexity index is 1250. The number of carbonyl (C=O) groups excluding carboxylic acids is 3. The topological polar surface area (TPSA) is 115 Å². The number of Topliss-reactive ketones (excluding diaryl/α,β-unsaturated/α-hetero) is 1. The molecule has 35 heavy (non-hydrogen) atoms. The van der Waals surface area contributed by atoms with E-state index in [4.69, 9.17) is 0 Å². The molecule has 5 rings (SSSR count). The van der Waals surface area contributed by atoms with Gasteiger partial charge in [-0.05, 0) is 44.2 Å². The van der Waals surface area contributed by atoms with Crippen LogP contribution in [0.2, 0.25) is 0 Å². The van der Waals surface area contributed by atoms with E-state index < -0.39 is 47.2 Å². The highest BCUT2D eigenvalue weighted by molar-refractivity contribution is 6.01. The molecule has 1 spiro atoms.